The molecular weight excluding hydrogens is 330 g/mol. The maximum atomic E-state index is 13.1. The van der Waals surface area contributed by atoms with Crippen molar-refractivity contribution in [3.63, 3.8) is 0 Å². The third-order valence-electron chi connectivity index (χ3n) is 5.88. The van der Waals surface area contributed by atoms with E-state index in [1.807, 2.05) is 19.3 Å². The summed E-state index contributed by atoms with van der Waals surface area (Å²) >= 11 is 0. The number of amides is 1. The molecule has 4 heterocycles. The monoisotopic (exact) mass is 359 g/mol. The van der Waals surface area contributed by atoms with Crippen LogP contribution in [0.4, 0.5) is 5.95 Å². The second kappa shape index (κ2) is 7.88. The van der Waals surface area contributed by atoms with Gasteiger partial charge in [-0.25, -0.2) is 9.97 Å². The molecule has 1 unspecified atom stereocenters. The predicted molar refractivity (Wildman–Crippen MR) is 99.1 cm³/mol. The summed E-state index contributed by atoms with van der Waals surface area (Å²) < 4.78 is 5.46. The number of hydrogen-bond acceptors (Lipinski definition) is 6. The molecule has 26 heavy (non-hydrogen) atoms. The van der Waals surface area contributed by atoms with E-state index in [4.69, 9.17) is 4.74 Å². The Balaban J connectivity index is 1.36. The summed E-state index contributed by atoms with van der Waals surface area (Å²) in [6, 6.07) is 0.425. The number of carbonyl (C=O) groups excluding carboxylic acids is 1. The number of aryl methyl sites for hydroxylation is 1. The van der Waals surface area contributed by atoms with Gasteiger partial charge in [0.2, 0.25) is 11.9 Å². The summed E-state index contributed by atoms with van der Waals surface area (Å²) in [5.74, 6) is 1.14. The normalized spacial score (nSPS) is 26.3. The molecule has 1 aromatic rings. The molecule has 3 fully saturated rings. The Hall–Kier alpha value is -1.73. The van der Waals surface area contributed by atoms with E-state index in [9.17, 15) is 4.79 Å². The smallest absolute Gasteiger partial charge is 0.240 e. The van der Waals surface area contributed by atoms with Gasteiger partial charge in [-0.2, -0.15) is 0 Å². The Labute approximate surface area is 155 Å². The fourth-order valence-electron chi connectivity index (χ4n) is 4.36. The molecule has 7 nitrogen and oxygen atoms in total. The molecule has 1 amide bonds. The highest BCUT2D eigenvalue weighted by Crippen LogP contribution is 2.25. The number of nitrogens with zero attached hydrogens (tertiary/aromatic N) is 5. The van der Waals surface area contributed by atoms with Gasteiger partial charge in [0, 0.05) is 64.4 Å². The van der Waals surface area contributed by atoms with E-state index in [0.29, 0.717) is 11.9 Å². The molecule has 7 heteroatoms. The van der Waals surface area contributed by atoms with E-state index in [1.165, 1.54) is 0 Å². The molecule has 142 valence electrons. The van der Waals surface area contributed by atoms with Crippen LogP contribution in [-0.2, 0) is 9.53 Å². The van der Waals surface area contributed by atoms with Gasteiger partial charge in [-0.05, 0) is 38.2 Å². The maximum Gasteiger partial charge on any atom is 0.240 e. The summed E-state index contributed by atoms with van der Waals surface area (Å²) in [4.78, 5) is 28.7. The molecule has 0 saturated carbocycles. The van der Waals surface area contributed by atoms with Crippen LogP contribution in [0.3, 0.4) is 0 Å². The van der Waals surface area contributed by atoms with Gasteiger partial charge in [0.15, 0.2) is 0 Å². The minimum absolute atomic E-state index is 0.0488. The van der Waals surface area contributed by atoms with Gasteiger partial charge >= 0.3 is 0 Å². The fourth-order valence-corrected chi connectivity index (χ4v) is 4.36. The molecule has 1 aromatic heterocycles. The van der Waals surface area contributed by atoms with Crippen LogP contribution in [0.2, 0.25) is 0 Å². The van der Waals surface area contributed by atoms with Gasteiger partial charge < -0.3 is 14.5 Å². The van der Waals surface area contributed by atoms with Gasteiger partial charge in [-0.15, -0.1) is 0 Å². The highest BCUT2D eigenvalue weighted by atomic mass is 16.5. The highest BCUT2D eigenvalue weighted by molar-refractivity contribution is 5.83. The lowest BCUT2D eigenvalue weighted by Crippen LogP contribution is -2.60. The van der Waals surface area contributed by atoms with Crippen LogP contribution >= 0.6 is 0 Å². The zero-order chi connectivity index (χ0) is 17.9. The molecule has 0 aliphatic carbocycles. The summed E-state index contributed by atoms with van der Waals surface area (Å²) in [5.41, 5.74) is 1.08. The second-order valence-electron chi connectivity index (χ2n) is 7.62. The number of piperazine rings is 1. The number of aromatic nitrogens is 2. The molecule has 0 bridgehead atoms. The molecule has 3 aliphatic rings. The number of carbonyl (C=O) groups is 1. The van der Waals surface area contributed by atoms with Crippen molar-refractivity contribution < 1.29 is 9.53 Å². The van der Waals surface area contributed by atoms with Crippen LogP contribution in [0, 0.1) is 6.92 Å². The average Bonchev–Trinajstić information content (AvgIpc) is 2.70. The first-order valence-corrected chi connectivity index (χ1v) is 9.88. The first-order valence-electron chi connectivity index (χ1n) is 9.88. The zero-order valence-electron chi connectivity index (χ0n) is 15.6. The number of anilines is 1. The standard InChI is InChI=1S/C19H29N5O2/c1-15-13-20-19(21-14-15)23-9-7-22(8-10-23)17-3-2-6-24(18(17)25)16-4-11-26-12-5-16/h13-14,16-17H,2-12H2,1H3. The summed E-state index contributed by atoms with van der Waals surface area (Å²) in [6.07, 6.45) is 7.79. The molecule has 0 spiro atoms. The Bertz CT molecular complexity index is 609. The van der Waals surface area contributed by atoms with Crippen molar-refractivity contribution in [2.75, 3.05) is 50.8 Å². The maximum absolute atomic E-state index is 13.1. The van der Waals surface area contributed by atoms with E-state index in [2.05, 4.69) is 24.7 Å². The van der Waals surface area contributed by atoms with Crippen LogP contribution in [0.25, 0.3) is 0 Å². The highest BCUT2D eigenvalue weighted by Gasteiger charge is 2.38. The lowest BCUT2D eigenvalue weighted by Gasteiger charge is -2.45. The van der Waals surface area contributed by atoms with Gasteiger partial charge in [0.05, 0.1) is 6.04 Å². The van der Waals surface area contributed by atoms with Crippen LogP contribution < -0.4 is 4.90 Å². The molecule has 4 rings (SSSR count). The molecule has 0 radical (unpaired) electrons. The van der Waals surface area contributed by atoms with Crippen LogP contribution in [-0.4, -0.2) is 83.7 Å². The number of likely N-dealkylation sites (tertiary alicyclic amines) is 1. The largest absolute Gasteiger partial charge is 0.381 e. The van der Waals surface area contributed by atoms with E-state index in [1.54, 1.807) is 0 Å². The first-order chi connectivity index (χ1) is 12.7. The van der Waals surface area contributed by atoms with Crippen LogP contribution in [0.5, 0.6) is 0 Å². The number of hydrogen-bond donors (Lipinski definition) is 0. The lowest BCUT2D eigenvalue weighted by atomic mass is 9.97. The molecule has 1 atom stereocenters. The minimum Gasteiger partial charge on any atom is -0.381 e. The second-order valence-corrected chi connectivity index (χ2v) is 7.62. The van der Waals surface area contributed by atoms with E-state index in [-0.39, 0.29) is 6.04 Å². The number of ether oxygens (including phenoxy) is 1. The van der Waals surface area contributed by atoms with Gasteiger partial charge in [0.25, 0.3) is 0 Å². The number of piperidine rings is 1. The van der Waals surface area contributed by atoms with Gasteiger partial charge in [-0.1, -0.05) is 0 Å². The Morgan fingerprint density at radius 3 is 2.38 bits per heavy atom. The topological polar surface area (TPSA) is 61.8 Å². The van der Waals surface area contributed by atoms with Crippen LogP contribution in [0.1, 0.15) is 31.2 Å². The quantitative estimate of drug-likeness (QED) is 0.805. The van der Waals surface area contributed by atoms with Crippen molar-refractivity contribution in [2.45, 2.75) is 44.7 Å². The molecule has 0 N–H and O–H groups in total. The van der Waals surface area contributed by atoms with Crippen molar-refractivity contribution in [1.29, 1.82) is 0 Å². The predicted octanol–water partition coefficient (Wildman–Crippen LogP) is 1.08. The lowest BCUT2D eigenvalue weighted by molar-refractivity contribution is -0.145. The van der Waals surface area contributed by atoms with E-state index < -0.39 is 0 Å². The summed E-state index contributed by atoms with van der Waals surface area (Å²) in [5, 5.41) is 0. The summed E-state index contributed by atoms with van der Waals surface area (Å²) in [6.45, 7) is 8.04. The summed E-state index contributed by atoms with van der Waals surface area (Å²) in [7, 11) is 0. The fraction of sp³-hybridized carbons (Fsp3) is 0.737. The van der Waals surface area contributed by atoms with Gasteiger partial charge in [-0.3, -0.25) is 9.69 Å². The molecule has 3 saturated heterocycles. The Morgan fingerprint density at radius 1 is 1.00 bits per heavy atom. The molecular formula is C19H29N5O2. The van der Waals surface area contributed by atoms with Crippen molar-refractivity contribution in [3.8, 4) is 0 Å². The van der Waals surface area contributed by atoms with Crippen molar-refractivity contribution in [2.24, 2.45) is 0 Å². The third kappa shape index (κ3) is 3.69. The Kier molecular flexibility index (Phi) is 5.36. The van der Waals surface area contributed by atoms with E-state index >= 15 is 0 Å². The Morgan fingerprint density at radius 2 is 1.69 bits per heavy atom. The zero-order valence-corrected chi connectivity index (χ0v) is 15.6. The van der Waals surface area contributed by atoms with E-state index in [0.717, 1.165) is 83.1 Å². The SMILES string of the molecule is Cc1cnc(N2CCN(C3CCCN(C4CCOCC4)C3=O)CC2)nc1. The molecule has 0 aromatic carbocycles. The minimum atomic E-state index is 0.0488. The first kappa shape index (κ1) is 17.7. The number of rotatable bonds is 3. The molecule has 3 aliphatic heterocycles. The third-order valence-corrected chi connectivity index (χ3v) is 5.88. The van der Waals surface area contributed by atoms with Gasteiger partial charge in [0.1, 0.15) is 0 Å². The average molecular weight is 359 g/mol. The van der Waals surface area contributed by atoms with Crippen LogP contribution in [0.15, 0.2) is 12.4 Å². The van der Waals surface area contributed by atoms with Crippen molar-refractivity contribution in [3.05, 3.63) is 18.0 Å². The van der Waals surface area contributed by atoms with Crippen molar-refractivity contribution >= 4 is 11.9 Å². The van der Waals surface area contributed by atoms with Crippen molar-refractivity contribution in [1.82, 2.24) is 19.8 Å².